The van der Waals surface area contributed by atoms with E-state index in [2.05, 4.69) is 19.9 Å². The lowest BCUT2D eigenvalue weighted by Crippen LogP contribution is -2.51. The van der Waals surface area contributed by atoms with Gasteiger partial charge in [0.15, 0.2) is 5.79 Å². The second-order valence-corrected chi connectivity index (χ2v) is 10.4. The van der Waals surface area contributed by atoms with Gasteiger partial charge in [0.1, 0.15) is 0 Å². The number of hydrogen-bond donors (Lipinski definition) is 3. The van der Waals surface area contributed by atoms with E-state index in [-0.39, 0.29) is 18.1 Å². The van der Waals surface area contributed by atoms with E-state index >= 15 is 0 Å². The average molecular weight is 503 g/mol. The van der Waals surface area contributed by atoms with E-state index in [1.54, 1.807) is 19.9 Å². The summed E-state index contributed by atoms with van der Waals surface area (Å²) in [6.07, 6.45) is 16.6. The molecule has 0 amide bonds. The minimum absolute atomic E-state index is 0.0103. The van der Waals surface area contributed by atoms with Crippen LogP contribution in [-0.4, -0.2) is 51.4 Å². The van der Waals surface area contributed by atoms with Gasteiger partial charge < -0.3 is 24.8 Å². The van der Waals surface area contributed by atoms with Gasteiger partial charge in [-0.3, -0.25) is 0 Å². The topological polar surface area (TPSA) is 113 Å². The monoisotopic (exact) mass is 502 g/mol. The summed E-state index contributed by atoms with van der Waals surface area (Å²) in [6, 6.07) is 0. The summed E-state index contributed by atoms with van der Waals surface area (Å²) in [5.74, 6) is -2.22. The smallest absolute Gasteiger partial charge is 0.328 e. The van der Waals surface area contributed by atoms with Gasteiger partial charge in [-0.25, -0.2) is 9.59 Å². The van der Waals surface area contributed by atoms with Crippen molar-refractivity contribution in [3.8, 4) is 0 Å². The van der Waals surface area contributed by atoms with Crippen LogP contribution in [0.2, 0.25) is 0 Å². The molecule has 2 aliphatic heterocycles. The van der Waals surface area contributed by atoms with Crippen molar-refractivity contribution >= 4 is 11.9 Å². The minimum Gasteiger partial charge on any atom is -0.478 e. The van der Waals surface area contributed by atoms with Crippen LogP contribution in [0.15, 0.2) is 59.8 Å². The van der Waals surface area contributed by atoms with Gasteiger partial charge in [0.2, 0.25) is 0 Å². The summed E-state index contributed by atoms with van der Waals surface area (Å²) in [5.41, 5.74) is 1.67. The first-order chi connectivity index (χ1) is 16.9. The van der Waals surface area contributed by atoms with Crippen LogP contribution >= 0.6 is 0 Å². The van der Waals surface area contributed by atoms with Gasteiger partial charge in [0.25, 0.3) is 0 Å². The maximum atomic E-state index is 10.9. The lowest BCUT2D eigenvalue weighted by molar-refractivity contribution is -0.323. The highest BCUT2D eigenvalue weighted by Crippen LogP contribution is 2.43. The number of allylic oxidation sites excluding steroid dienone is 4. The highest BCUT2D eigenvalue weighted by molar-refractivity contribution is 5.81. The summed E-state index contributed by atoms with van der Waals surface area (Å²) < 4.78 is 13.1. The van der Waals surface area contributed by atoms with Crippen molar-refractivity contribution in [2.24, 2.45) is 17.8 Å². The van der Waals surface area contributed by atoms with Crippen LogP contribution in [0.4, 0.5) is 0 Å². The number of aliphatic hydroxyl groups excluding tert-OH is 1. The fraction of sp³-hybridized carbons (Fsp3) is 0.586. The molecular weight excluding hydrogens is 460 g/mol. The third-order valence-electron chi connectivity index (χ3n) is 7.08. The molecule has 3 N–H and O–H groups in total. The highest BCUT2D eigenvalue weighted by Gasteiger charge is 2.45. The molecule has 0 aromatic heterocycles. The van der Waals surface area contributed by atoms with E-state index in [1.165, 1.54) is 12.2 Å². The summed E-state index contributed by atoms with van der Waals surface area (Å²) in [4.78, 5) is 21.5. The summed E-state index contributed by atoms with van der Waals surface area (Å²) in [7, 11) is 0. The number of hydrogen-bond acceptors (Lipinski definition) is 5. The zero-order valence-corrected chi connectivity index (χ0v) is 22.1. The Morgan fingerprint density at radius 2 is 1.61 bits per heavy atom. The van der Waals surface area contributed by atoms with Gasteiger partial charge >= 0.3 is 11.9 Å². The van der Waals surface area contributed by atoms with Gasteiger partial charge in [-0.1, -0.05) is 62.8 Å². The van der Waals surface area contributed by atoms with Gasteiger partial charge in [0.05, 0.1) is 18.3 Å². The predicted octanol–water partition coefficient (Wildman–Crippen LogP) is 5.43. The molecule has 0 bridgehead atoms. The van der Waals surface area contributed by atoms with E-state index in [1.807, 2.05) is 25.2 Å². The molecule has 0 aromatic carbocycles. The number of ether oxygens (including phenoxy) is 2. The molecule has 7 nitrogen and oxygen atoms in total. The Labute approximate surface area is 214 Å². The van der Waals surface area contributed by atoms with E-state index < -0.39 is 23.8 Å². The second-order valence-electron chi connectivity index (χ2n) is 10.4. The van der Waals surface area contributed by atoms with Crippen molar-refractivity contribution in [1.82, 2.24) is 0 Å². The van der Waals surface area contributed by atoms with Crippen molar-refractivity contribution in [2.75, 3.05) is 0 Å². The predicted molar refractivity (Wildman–Crippen MR) is 139 cm³/mol. The molecule has 7 heteroatoms. The van der Waals surface area contributed by atoms with Crippen LogP contribution in [0.25, 0.3) is 0 Å². The van der Waals surface area contributed by atoms with Crippen molar-refractivity contribution < 1.29 is 34.4 Å². The molecule has 0 aliphatic carbocycles. The zero-order chi connectivity index (χ0) is 26.9. The van der Waals surface area contributed by atoms with Crippen LogP contribution in [0.1, 0.15) is 66.7 Å². The van der Waals surface area contributed by atoms with Crippen molar-refractivity contribution in [3.05, 3.63) is 59.8 Å². The third kappa shape index (κ3) is 9.52. The number of carbonyl (C=O) groups is 2. The average Bonchev–Trinajstić information content (AvgIpc) is 2.81. The van der Waals surface area contributed by atoms with Gasteiger partial charge in [-0.15, -0.1) is 0 Å². The largest absolute Gasteiger partial charge is 0.478 e. The molecule has 2 fully saturated rings. The molecule has 7 atom stereocenters. The molecule has 200 valence electrons. The van der Waals surface area contributed by atoms with Gasteiger partial charge in [-0.05, 0) is 50.5 Å². The molecule has 2 rings (SSSR count). The number of aliphatic carboxylic acids is 2. The van der Waals surface area contributed by atoms with E-state index in [4.69, 9.17) is 19.7 Å². The maximum absolute atomic E-state index is 10.9. The number of carboxylic acids is 2. The van der Waals surface area contributed by atoms with E-state index in [0.29, 0.717) is 17.4 Å². The van der Waals surface area contributed by atoms with Crippen LogP contribution in [0.3, 0.4) is 0 Å². The van der Waals surface area contributed by atoms with Crippen molar-refractivity contribution in [3.63, 3.8) is 0 Å². The fourth-order valence-electron chi connectivity index (χ4n) is 4.53. The van der Waals surface area contributed by atoms with Gasteiger partial charge in [0, 0.05) is 30.9 Å². The summed E-state index contributed by atoms with van der Waals surface area (Å²) in [5, 5.41) is 27.9. The van der Waals surface area contributed by atoms with Crippen LogP contribution < -0.4 is 0 Å². The molecule has 7 unspecified atom stereocenters. The first kappa shape index (κ1) is 29.7. The fourth-order valence-corrected chi connectivity index (χ4v) is 4.53. The first-order valence-electron chi connectivity index (χ1n) is 12.8. The molecule has 2 saturated heterocycles. The molecule has 0 aromatic rings. The minimum atomic E-state index is -1.03. The summed E-state index contributed by atoms with van der Waals surface area (Å²) >= 11 is 0. The second kappa shape index (κ2) is 13.7. The quantitative estimate of drug-likeness (QED) is 0.270. The Morgan fingerprint density at radius 3 is 2.25 bits per heavy atom. The van der Waals surface area contributed by atoms with Crippen molar-refractivity contribution in [1.29, 1.82) is 0 Å². The molecule has 36 heavy (non-hydrogen) atoms. The van der Waals surface area contributed by atoms with Crippen LogP contribution in [0, 0.1) is 17.8 Å². The standard InChI is InChI=1S/C29H42O7/c1-19(6-10-24(30)21(3)9-13-27(31)32)7-11-25-22(4)14-16-29(35-25)17-15-23(5)26(36-29)12-8-20(2)18-28(33)34/h6-10,12-13,18,21-26,30H,11,14-17H2,1-5H3,(H,31,32)(H,33,34). The van der Waals surface area contributed by atoms with Crippen LogP contribution in [-0.2, 0) is 19.1 Å². The Bertz CT molecular complexity index is 909. The lowest BCUT2D eigenvalue weighted by atomic mass is 9.83. The SMILES string of the molecule is CC(C=CC(O)C(C)C=CC(=O)O)=CCC1OC2(CCC(C)C(C=CC(C)=CC(=O)O)O2)CCC1C. The summed E-state index contributed by atoms with van der Waals surface area (Å²) in [6.45, 7) is 9.84. The number of carboxylic acid groups (broad SMARTS) is 2. The Morgan fingerprint density at radius 1 is 0.944 bits per heavy atom. The molecule has 0 saturated carbocycles. The Balaban J connectivity index is 2.01. The number of aliphatic hydroxyl groups is 1. The Hall–Kier alpha value is -2.48. The molecule has 2 aliphatic rings. The van der Waals surface area contributed by atoms with Gasteiger partial charge in [-0.2, -0.15) is 0 Å². The van der Waals surface area contributed by atoms with Crippen molar-refractivity contribution in [2.45, 2.75) is 90.8 Å². The third-order valence-corrected chi connectivity index (χ3v) is 7.08. The maximum Gasteiger partial charge on any atom is 0.328 e. The zero-order valence-electron chi connectivity index (χ0n) is 22.1. The molecular formula is C29H42O7. The Kier molecular flexibility index (Phi) is 11.3. The first-order valence-corrected chi connectivity index (χ1v) is 12.8. The number of rotatable bonds is 10. The molecule has 0 radical (unpaired) electrons. The lowest BCUT2D eigenvalue weighted by Gasteiger charge is -2.49. The molecule has 1 spiro atoms. The van der Waals surface area contributed by atoms with Crippen LogP contribution in [0.5, 0.6) is 0 Å². The van der Waals surface area contributed by atoms with E-state index in [9.17, 15) is 14.7 Å². The van der Waals surface area contributed by atoms with E-state index in [0.717, 1.165) is 43.8 Å². The highest BCUT2D eigenvalue weighted by atomic mass is 16.7. The molecule has 2 heterocycles. The normalized spacial score (nSPS) is 31.9.